The molecule has 0 bridgehead atoms. The largest absolute Gasteiger partial charge is 0.399 e. The van der Waals surface area contributed by atoms with Gasteiger partial charge in [-0.05, 0) is 36.6 Å². The van der Waals surface area contributed by atoms with Crippen LogP contribution in [0, 0.1) is 11.8 Å². The molecule has 1 heteroatoms. The molecule has 0 fully saturated rings. The fraction of sp³-hybridized carbons (Fsp3) is 0.176. The van der Waals surface area contributed by atoms with Crippen LogP contribution in [0.15, 0.2) is 54.6 Å². The van der Waals surface area contributed by atoms with Gasteiger partial charge in [-0.1, -0.05) is 48.2 Å². The summed E-state index contributed by atoms with van der Waals surface area (Å²) in [7, 11) is 0. The van der Waals surface area contributed by atoms with E-state index in [9.17, 15) is 0 Å². The van der Waals surface area contributed by atoms with Crippen molar-refractivity contribution in [3.63, 3.8) is 0 Å². The Kier molecular flexibility index (Phi) is 4.44. The average molecular weight is 235 g/mol. The second-order valence-corrected chi connectivity index (χ2v) is 4.22. The van der Waals surface area contributed by atoms with Gasteiger partial charge in [-0.25, -0.2) is 0 Å². The third-order valence-corrected chi connectivity index (χ3v) is 2.81. The van der Waals surface area contributed by atoms with Gasteiger partial charge in [0.2, 0.25) is 0 Å². The number of rotatable bonds is 3. The van der Waals surface area contributed by atoms with E-state index in [0.717, 1.165) is 30.5 Å². The van der Waals surface area contributed by atoms with E-state index in [1.165, 1.54) is 5.56 Å². The van der Waals surface area contributed by atoms with E-state index in [4.69, 9.17) is 5.73 Å². The maximum Gasteiger partial charge on any atom is 0.0346 e. The van der Waals surface area contributed by atoms with Gasteiger partial charge in [0.05, 0.1) is 0 Å². The molecule has 2 aromatic carbocycles. The normalized spacial score (nSPS) is 9.56. The number of anilines is 1. The van der Waals surface area contributed by atoms with Crippen LogP contribution >= 0.6 is 0 Å². The predicted molar refractivity (Wildman–Crippen MR) is 77.1 cm³/mol. The molecule has 0 amide bonds. The lowest BCUT2D eigenvalue weighted by Gasteiger charge is -2.02. The zero-order valence-electron chi connectivity index (χ0n) is 10.4. The molecular formula is C17H17N. The van der Waals surface area contributed by atoms with Crippen LogP contribution in [0.3, 0.4) is 0 Å². The second-order valence-electron chi connectivity index (χ2n) is 4.22. The molecule has 2 aromatic rings. The van der Waals surface area contributed by atoms with Crippen molar-refractivity contribution in [2.24, 2.45) is 0 Å². The Bertz CT molecular complexity index is 547. The van der Waals surface area contributed by atoms with Gasteiger partial charge in [0, 0.05) is 17.7 Å². The Labute approximate surface area is 109 Å². The number of nitrogens with two attached hydrogens (primary N) is 1. The van der Waals surface area contributed by atoms with Crippen molar-refractivity contribution in [1.82, 2.24) is 0 Å². The minimum absolute atomic E-state index is 0.883. The number of para-hydroxylation sites is 1. The molecule has 0 aliphatic carbocycles. The van der Waals surface area contributed by atoms with Crippen LogP contribution < -0.4 is 5.73 Å². The lowest BCUT2D eigenvalue weighted by atomic mass is 10.1. The first kappa shape index (κ1) is 12.3. The highest BCUT2D eigenvalue weighted by Gasteiger charge is 1.95. The van der Waals surface area contributed by atoms with Gasteiger partial charge >= 0.3 is 0 Å². The molecule has 0 spiro atoms. The monoisotopic (exact) mass is 235 g/mol. The van der Waals surface area contributed by atoms with Crippen LogP contribution in [0.4, 0.5) is 5.69 Å². The smallest absolute Gasteiger partial charge is 0.0346 e. The number of hydrogen-bond acceptors (Lipinski definition) is 1. The number of nitrogen functional groups attached to an aromatic ring is 1. The summed E-state index contributed by atoms with van der Waals surface area (Å²) in [6, 6.07) is 18.1. The predicted octanol–water partition coefficient (Wildman–Crippen LogP) is 3.64. The van der Waals surface area contributed by atoms with E-state index < -0.39 is 0 Å². The molecular weight excluding hydrogens is 218 g/mol. The summed E-state index contributed by atoms with van der Waals surface area (Å²) in [5.41, 5.74) is 9.07. The molecule has 0 radical (unpaired) electrons. The zero-order valence-corrected chi connectivity index (χ0v) is 10.4. The molecule has 0 aliphatic heterocycles. The van der Waals surface area contributed by atoms with Crippen LogP contribution in [0.2, 0.25) is 0 Å². The van der Waals surface area contributed by atoms with Crippen molar-refractivity contribution < 1.29 is 0 Å². The molecule has 0 saturated carbocycles. The molecule has 18 heavy (non-hydrogen) atoms. The summed E-state index contributed by atoms with van der Waals surface area (Å²) in [4.78, 5) is 0. The minimum atomic E-state index is 0.883. The van der Waals surface area contributed by atoms with Gasteiger partial charge in [-0.3, -0.25) is 0 Å². The molecule has 0 aliphatic rings. The number of aryl methyl sites for hydroxylation is 1. The Morgan fingerprint density at radius 2 is 1.61 bits per heavy atom. The molecule has 2 rings (SSSR count). The molecule has 0 heterocycles. The van der Waals surface area contributed by atoms with Crippen molar-refractivity contribution in [3.05, 3.63) is 65.7 Å². The summed E-state index contributed by atoms with van der Waals surface area (Å²) in [5, 5.41) is 0. The molecule has 90 valence electrons. The minimum Gasteiger partial charge on any atom is -0.399 e. The molecule has 0 saturated heterocycles. The van der Waals surface area contributed by atoms with Gasteiger partial charge < -0.3 is 5.73 Å². The maximum atomic E-state index is 5.89. The Balaban J connectivity index is 1.81. The fourth-order valence-electron chi connectivity index (χ4n) is 1.82. The van der Waals surface area contributed by atoms with Crippen molar-refractivity contribution in [3.8, 4) is 11.8 Å². The summed E-state index contributed by atoms with van der Waals surface area (Å²) < 4.78 is 0. The van der Waals surface area contributed by atoms with Crippen molar-refractivity contribution in [2.75, 3.05) is 5.73 Å². The SMILES string of the molecule is Nc1ccccc1CCCC#Cc1ccccc1. The fourth-order valence-corrected chi connectivity index (χ4v) is 1.82. The molecule has 0 aromatic heterocycles. The summed E-state index contributed by atoms with van der Waals surface area (Å²) in [6.45, 7) is 0. The zero-order chi connectivity index (χ0) is 12.6. The molecule has 1 nitrogen and oxygen atoms in total. The van der Waals surface area contributed by atoms with Crippen LogP contribution in [-0.4, -0.2) is 0 Å². The van der Waals surface area contributed by atoms with Gasteiger partial charge in [0.15, 0.2) is 0 Å². The Morgan fingerprint density at radius 1 is 0.889 bits per heavy atom. The van der Waals surface area contributed by atoms with Crippen molar-refractivity contribution in [2.45, 2.75) is 19.3 Å². The average Bonchev–Trinajstić information content (AvgIpc) is 2.42. The summed E-state index contributed by atoms with van der Waals surface area (Å²) >= 11 is 0. The third-order valence-electron chi connectivity index (χ3n) is 2.81. The van der Waals surface area contributed by atoms with Crippen LogP contribution in [0.1, 0.15) is 24.0 Å². The van der Waals surface area contributed by atoms with E-state index in [1.54, 1.807) is 0 Å². The number of hydrogen-bond donors (Lipinski definition) is 1. The van der Waals surface area contributed by atoms with Crippen LogP contribution in [0.25, 0.3) is 0 Å². The van der Waals surface area contributed by atoms with Gasteiger partial charge in [0.1, 0.15) is 0 Å². The van der Waals surface area contributed by atoms with Gasteiger partial charge in [-0.2, -0.15) is 0 Å². The first-order chi connectivity index (χ1) is 8.86. The summed E-state index contributed by atoms with van der Waals surface area (Å²) in [5.74, 6) is 6.36. The molecule has 0 atom stereocenters. The Hall–Kier alpha value is -2.20. The van der Waals surface area contributed by atoms with Gasteiger partial charge in [-0.15, -0.1) is 0 Å². The summed E-state index contributed by atoms with van der Waals surface area (Å²) in [6.07, 6.45) is 2.95. The quantitative estimate of drug-likeness (QED) is 0.490. The lowest BCUT2D eigenvalue weighted by Crippen LogP contribution is -1.93. The Morgan fingerprint density at radius 3 is 2.39 bits per heavy atom. The van der Waals surface area contributed by atoms with E-state index >= 15 is 0 Å². The highest BCUT2D eigenvalue weighted by atomic mass is 14.6. The maximum absolute atomic E-state index is 5.89. The standard InChI is InChI=1S/C17H17N/c18-17-14-8-7-13-16(17)12-6-2-5-11-15-9-3-1-4-10-15/h1,3-4,7-10,13-14H,2,6,12,18H2. The first-order valence-electron chi connectivity index (χ1n) is 6.23. The van der Waals surface area contributed by atoms with E-state index in [1.807, 2.05) is 48.5 Å². The molecule has 2 N–H and O–H groups in total. The third kappa shape index (κ3) is 3.68. The highest BCUT2D eigenvalue weighted by Crippen LogP contribution is 2.13. The highest BCUT2D eigenvalue weighted by molar-refractivity contribution is 5.46. The van der Waals surface area contributed by atoms with Crippen LogP contribution in [0.5, 0.6) is 0 Å². The topological polar surface area (TPSA) is 26.0 Å². The van der Waals surface area contributed by atoms with Crippen LogP contribution in [-0.2, 0) is 6.42 Å². The van der Waals surface area contributed by atoms with E-state index in [2.05, 4.69) is 17.9 Å². The van der Waals surface area contributed by atoms with Crippen molar-refractivity contribution in [1.29, 1.82) is 0 Å². The van der Waals surface area contributed by atoms with E-state index in [0.29, 0.717) is 0 Å². The van der Waals surface area contributed by atoms with E-state index in [-0.39, 0.29) is 0 Å². The lowest BCUT2D eigenvalue weighted by molar-refractivity contribution is 0.859. The first-order valence-corrected chi connectivity index (χ1v) is 6.23. The van der Waals surface area contributed by atoms with Crippen molar-refractivity contribution >= 4 is 5.69 Å². The number of unbranched alkanes of at least 4 members (excludes halogenated alkanes) is 1. The second kappa shape index (κ2) is 6.51. The van der Waals surface area contributed by atoms with Gasteiger partial charge in [0.25, 0.3) is 0 Å². The molecule has 0 unspecified atom stereocenters. The number of benzene rings is 2.